The van der Waals surface area contributed by atoms with Crippen LogP contribution < -0.4 is 5.32 Å². The lowest BCUT2D eigenvalue weighted by Gasteiger charge is -2.27. The molecule has 7 heteroatoms. The highest BCUT2D eigenvalue weighted by molar-refractivity contribution is 7.97. The van der Waals surface area contributed by atoms with Gasteiger partial charge in [-0.15, -0.1) is 11.3 Å². The van der Waals surface area contributed by atoms with Crippen LogP contribution in [0.2, 0.25) is 0 Å². The molecule has 0 saturated carbocycles. The van der Waals surface area contributed by atoms with E-state index in [0.717, 1.165) is 41.7 Å². The van der Waals surface area contributed by atoms with Gasteiger partial charge in [0, 0.05) is 41.5 Å². The molecule has 0 saturated heterocycles. The Hall–Kier alpha value is -1.96. The zero-order valence-corrected chi connectivity index (χ0v) is 14.0. The molecule has 5 nitrogen and oxygen atoms in total. The van der Waals surface area contributed by atoms with Gasteiger partial charge < -0.3 is 5.32 Å². The van der Waals surface area contributed by atoms with Crippen LogP contribution in [0.25, 0.3) is 0 Å². The first-order valence-corrected chi connectivity index (χ1v) is 9.01. The molecular weight excluding hydrogens is 326 g/mol. The van der Waals surface area contributed by atoms with Crippen LogP contribution >= 0.6 is 23.3 Å². The highest BCUT2D eigenvalue weighted by atomic mass is 32.2. The van der Waals surface area contributed by atoms with E-state index in [2.05, 4.69) is 48.8 Å². The molecule has 0 bridgehead atoms. The summed E-state index contributed by atoms with van der Waals surface area (Å²) in [4.78, 5) is 14.4. The lowest BCUT2D eigenvalue weighted by Crippen LogP contribution is -2.26. The van der Waals surface area contributed by atoms with E-state index < -0.39 is 0 Å². The Labute approximate surface area is 143 Å². The third kappa shape index (κ3) is 3.36. The molecule has 2 aromatic heterocycles. The molecule has 0 aliphatic carbocycles. The summed E-state index contributed by atoms with van der Waals surface area (Å²) in [6, 6.07) is 10.4. The molecule has 3 aromatic rings. The fourth-order valence-electron chi connectivity index (χ4n) is 2.52. The van der Waals surface area contributed by atoms with Crippen molar-refractivity contribution in [1.82, 2.24) is 19.3 Å². The standard InChI is InChI=1S/C16H15N5S2/c1-2-4-12(5-3-1)23-21-8-6-14-13(10-21)15(19-11-18-14)20-16-17-7-9-22-16/h1-5,7,9,11H,6,8,10H2,(H,17,18,19,20). The highest BCUT2D eigenvalue weighted by Crippen LogP contribution is 2.32. The van der Waals surface area contributed by atoms with Gasteiger partial charge in [0.25, 0.3) is 0 Å². The van der Waals surface area contributed by atoms with Gasteiger partial charge in [-0.3, -0.25) is 0 Å². The fraction of sp³-hybridized carbons (Fsp3) is 0.188. The predicted octanol–water partition coefficient (Wildman–Crippen LogP) is 3.74. The minimum Gasteiger partial charge on any atom is -0.316 e. The number of nitrogens with one attached hydrogen (secondary N) is 1. The van der Waals surface area contributed by atoms with Crippen LogP contribution in [-0.4, -0.2) is 25.8 Å². The second kappa shape index (κ2) is 6.66. The van der Waals surface area contributed by atoms with Crippen molar-refractivity contribution in [3.05, 3.63) is 59.5 Å². The summed E-state index contributed by atoms with van der Waals surface area (Å²) in [6.07, 6.45) is 4.36. The summed E-state index contributed by atoms with van der Waals surface area (Å²) < 4.78 is 2.36. The van der Waals surface area contributed by atoms with Crippen LogP contribution in [-0.2, 0) is 13.0 Å². The van der Waals surface area contributed by atoms with Crippen molar-refractivity contribution < 1.29 is 0 Å². The molecule has 1 aromatic carbocycles. The number of hydrogen-bond acceptors (Lipinski definition) is 7. The fourth-order valence-corrected chi connectivity index (χ4v) is 4.00. The Balaban J connectivity index is 1.55. The topological polar surface area (TPSA) is 53.9 Å². The van der Waals surface area contributed by atoms with Crippen LogP contribution in [0.1, 0.15) is 11.3 Å². The molecule has 0 atom stereocenters. The molecule has 1 aliphatic heterocycles. The number of hydrogen-bond donors (Lipinski definition) is 1. The Morgan fingerprint density at radius 1 is 1.13 bits per heavy atom. The predicted molar refractivity (Wildman–Crippen MR) is 93.8 cm³/mol. The Kier molecular flexibility index (Phi) is 4.23. The number of anilines is 2. The molecule has 0 amide bonds. The van der Waals surface area contributed by atoms with Crippen molar-refractivity contribution in [2.75, 3.05) is 11.9 Å². The summed E-state index contributed by atoms with van der Waals surface area (Å²) >= 11 is 3.35. The van der Waals surface area contributed by atoms with Crippen LogP contribution in [0.4, 0.5) is 10.9 Å². The zero-order valence-electron chi connectivity index (χ0n) is 12.3. The minimum absolute atomic E-state index is 0.823. The summed E-state index contributed by atoms with van der Waals surface area (Å²) in [7, 11) is 0. The average molecular weight is 341 g/mol. The van der Waals surface area contributed by atoms with E-state index >= 15 is 0 Å². The monoisotopic (exact) mass is 341 g/mol. The quantitative estimate of drug-likeness (QED) is 0.730. The lowest BCUT2D eigenvalue weighted by molar-refractivity contribution is 0.438. The van der Waals surface area contributed by atoms with Crippen LogP contribution in [0, 0.1) is 0 Å². The molecule has 116 valence electrons. The van der Waals surface area contributed by atoms with E-state index in [-0.39, 0.29) is 0 Å². The van der Waals surface area contributed by atoms with Gasteiger partial charge in [0.2, 0.25) is 0 Å². The number of aromatic nitrogens is 3. The van der Waals surface area contributed by atoms with E-state index in [1.165, 1.54) is 4.90 Å². The van der Waals surface area contributed by atoms with Gasteiger partial charge in [-0.2, -0.15) is 0 Å². The summed E-state index contributed by atoms with van der Waals surface area (Å²) in [5.41, 5.74) is 2.29. The maximum atomic E-state index is 4.45. The van der Waals surface area contributed by atoms with Crippen molar-refractivity contribution in [2.24, 2.45) is 0 Å². The van der Waals surface area contributed by atoms with Gasteiger partial charge in [-0.05, 0) is 24.1 Å². The van der Waals surface area contributed by atoms with Crippen LogP contribution in [0.5, 0.6) is 0 Å². The molecule has 1 aliphatic rings. The van der Waals surface area contributed by atoms with Gasteiger partial charge in [0.1, 0.15) is 12.1 Å². The highest BCUT2D eigenvalue weighted by Gasteiger charge is 2.22. The first kappa shape index (κ1) is 14.6. The van der Waals surface area contributed by atoms with Crippen LogP contribution in [0.15, 0.2) is 53.1 Å². The maximum absolute atomic E-state index is 4.45. The number of benzene rings is 1. The smallest absolute Gasteiger partial charge is 0.188 e. The third-order valence-corrected chi connectivity index (χ3v) is 5.34. The van der Waals surface area contributed by atoms with E-state index in [0.29, 0.717) is 0 Å². The number of rotatable bonds is 4. The number of thiazole rings is 1. The van der Waals surface area contributed by atoms with Crippen molar-refractivity contribution in [2.45, 2.75) is 17.9 Å². The van der Waals surface area contributed by atoms with Gasteiger partial charge in [0.05, 0.1) is 5.69 Å². The number of nitrogens with zero attached hydrogens (tertiary/aromatic N) is 4. The third-order valence-electron chi connectivity index (χ3n) is 3.60. The second-order valence-corrected chi connectivity index (χ2v) is 7.19. The van der Waals surface area contributed by atoms with Gasteiger partial charge in [-0.1, -0.05) is 18.2 Å². The van der Waals surface area contributed by atoms with Gasteiger partial charge in [0.15, 0.2) is 5.13 Å². The second-order valence-electron chi connectivity index (χ2n) is 5.13. The van der Waals surface area contributed by atoms with Crippen molar-refractivity contribution >= 4 is 34.2 Å². The summed E-state index contributed by atoms with van der Waals surface area (Å²) in [6.45, 7) is 1.81. The molecule has 0 fully saturated rings. The van der Waals surface area contributed by atoms with Crippen molar-refractivity contribution in [3.63, 3.8) is 0 Å². The molecule has 0 spiro atoms. The first-order valence-electron chi connectivity index (χ1n) is 7.36. The van der Waals surface area contributed by atoms with Gasteiger partial charge in [-0.25, -0.2) is 19.3 Å². The zero-order chi connectivity index (χ0) is 15.5. The molecule has 1 N–H and O–H groups in total. The van der Waals surface area contributed by atoms with Crippen LogP contribution in [0.3, 0.4) is 0 Å². The van der Waals surface area contributed by atoms with Gasteiger partial charge >= 0.3 is 0 Å². The first-order chi connectivity index (χ1) is 11.4. The van der Waals surface area contributed by atoms with E-state index in [4.69, 9.17) is 0 Å². The van der Waals surface area contributed by atoms with Crippen molar-refractivity contribution in [1.29, 1.82) is 0 Å². The largest absolute Gasteiger partial charge is 0.316 e. The van der Waals surface area contributed by atoms with Crippen molar-refractivity contribution in [3.8, 4) is 0 Å². The normalized spacial score (nSPS) is 14.4. The SMILES string of the molecule is c1ccc(SN2CCc3ncnc(Nc4nccs4)c3C2)cc1. The molecule has 0 unspecified atom stereocenters. The lowest BCUT2D eigenvalue weighted by atomic mass is 10.1. The van der Waals surface area contributed by atoms with E-state index in [9.17, 15) is 0 Å². The Morgan fingerprint density at radius 3 is 2.87 bits per heavy atom. The molecule has 0 radical (unpaired) electrons. The number of fused-ring (bicyclic) bond motifs is 1. The molecular formula is C16H15N5S2. The average Bonchev–Trinajstić information content (AvgIpc) is 3.09. The molecule has 23 heavy (non-hydrogen) atoms. The summed E-state index contributed by atoms with van der Waals surface area (Å²) in [5, 5.41) is 6.13. The Bertz CT molecular complexity index is 776. The molecule has 4 rings (SSSR count). The van der Waals surface area contributed by atoms with E-state index in [1.807, 2.05) is 11.4 Å². The molecule has 3 heterocycles. The minimum atomic E-state index is 0.823. The maximum Gasteiger partial charge on any atom is 0.188 e. The summed E-state index contributed by atoms with van der Waals surface area (Å²) in [5.74, 6) is 0.864. The van der Waals surface area contributed by atoms with E-state index in [1.54, 1.807) is 35.8 Å². The Morgan fingerprint density at radius 2 is 2.04 bits per heavy atom.